The highest BCUT2D eigenvalue weighted by atomic mass is 35.5. The van der Waals surface area contributed by atoms with Crippen LogP contribution >= 0.6 is 23.2 Å². The van der Waals surface area contributed by atoms with Crippen molar-refractivity contribution in [2.45, 2.75) is 12.6 Å². The van der Waals surface area contributed by atoms with Crippen molar-refractivity contribution in [2.75, 3.05) is 0 Å². The van der Waals surface area contributed by atoms with Gasteiger partial charge in [-0.2, -0.15) is 10.5 Å². The molecule has 0 aliphatic rings. The lowest BCUT2D eigenvalue weighted by Gasteiger charge is -2.19. The van der Waals surface area contributed by atoms with Crippen LogP contribution in [0.2, 0.25) is 10.0 Å². The molecular weight excluding hydrogens is 433 g/mol. The zero-order chi connectivity index (χ0) is 21.8. The van der Waals surface area contributed by atoms with E-state index < -0.39 is 17.9 Å². The number of aromatic nitrogens is 1. The second kappa shape index (κ2) is 9.06. The number of rotatable bonds is 5. The molecule has 1 aromatic heterocycles. The van der Waals surface area contributed by atoms with Crippen LogP contribution in [0, 0.1) is 34.3 Å². The average molecular weight is 445 g/mol. The minimum absolute atomic E-state index is 0.0321. The summed E-state index contributed by atoms with van der Waals surface area (Å²) in [5, 5.41) is 18.1. The van der Waals surface area contributed by atoms with Crippen molar-refractivity contribution < 1.29 is 13.5 Å². The average Bonchev–Trinajstić information content (AvgIpc) is 2.72. The largest absolute Gasteiger partial charge is 0.471 e. The summed E-state index contributed by atoms with van der Waals surface area (Å²) in [7, 11) is 0. The van der Waals surface area contributed by atoms with Crippen LogP contribution in [0.15, 0.2) is 42.6 Å². The van der Waals surface area contributed by atoms with Crippen LogP contribution in [-0.4, -0.2) is 4.98 Å². The predicted octanol–water partition coefficient (Wildman–Crippen LogP) is 5.04. The van der Waals surface area contributed by atoms with Gasteiger partial charge in [-0.1, -0.05) is 29.3 Å². The smallest absolute Gasteiger partial charge is 0.174 e. The van der Waals surface area contributed by atoms with Crippen molar-refractivity contribution in [3.63, 3.8) is 0 Å². The molecule has 0 aliphatic carbocycles. The summed E-state index contributed by atoms with van der Waals surface area (Å²) < 4.78 is 33.9. The molecule has 0 saturated carbocycles. The summed E-state index contributed by atoms with van der Waals surface area (Å²) in [5.74, 6) is -1.25. The van der Waals surface area contributed by atoms with Crippen molar-refractivity contribution >= 4 is 23.2 Å². The Morgan fingerprint density at radius 2 is 1.77 bits per heavy atom. The molecule has 3 aromatic rings. The Labute approximate surface area is 180 Å². The van der Waals surface area contributed by atoms with Gasteiger partial charge in [0.2, 0.25) is 0 Å². The lowest BCUT2D eigenvalue weighted by molar-refractivity contribution is 0.212. The van der Waals surface area contributed by atoms with E-state index in [4.69, 9.17) is 38.9 Å². The van der Waals surface area contributed by atoms with Crippen LogP contribution in [-0.2, 0) is 6.42 Å². The Morgan fingerprint density at radius 3 is 2.43 bits per heavy atom. The van der Waals surface area contributed by atoms with E-state index in [1.54, 1.807) is 0 Å². The Morgan fingerprint density at radius 1 is 1.03 bits per heavy atom. The summed E-state index contributed by atoms with van der Waals surface area (Å²) in [5.41, 5.74) is 7.12. The molecule has 150 valence electrons. The zero-order valence-corrected chi connectivity index (χ0v) is 16.7. The van der Waals surface area contributed by atoms with E-state index in [2.05, 4.69) is 4.98 Å². The number of hydrogen-bond donors (Lipinski definition) is 1. The summed E-state index contributed by atoms with van der Waals surface area (Å²) in [6, 6.07) is 11.7. The minimum Gasteiger partial charge on any atom is -0.471 e. The number of nitrogens with zero attached hydrogens (tertiary/aromatic N) is 3. The fraction of sp³-hybridized carbons (Fsp3) is 0.0952. The second-order valence-electron chi connectivity index (χ2n) is 6.20. The van der Waals surface area contributed by atoms with Crippen LogP contribution < -0.4 is 10.5 Å². The molecule has 0 aliphatic heterocycles. The van der Waals surface area contributed by atoms with Gasteiger partial charge in [0.1, 0.15) is 29.5 Å². The zero-order valence-electron chi connectivity index (χ0n) is 15.2. The first-order valence-electron chi connectivity index (χ1n) is 8.46. The highest BCUT2D eigenvalue weighted by Crippen LogP contribution is 2.31. The third kappa shape index (κ3) is 4.67. The van der Waals surface area contributed by atoms with E-state index in [9.17, 15) is 14.0 Å². The van der Waals surface area contributed by atoms with E-state index in [0.29, 0.717) is 5.56 Å². The van der Waals surface area contributed by atoms with Gasteiger partial charge in [-0.05, 0) is 24.3 Å². The first-order valence-corrected chi connectivity index (χ1v) is 9.22. The van der Waals surface area contributed by atoms with E-state index in [1.165, 1.54) is 30.5 Å². The third-order valence-electron chi connectivity index (χ3n) is 4.21. The molecule has 0 radical (unpaired) electrons. The monoisotopic (exact) mass is 444 g/mol. The third-order valence-corrected chi connectivity index (χ3v) is 4.71. The van der Waals surface area contributed by atoms with Gasteiger partial charge in [0.25, 0.3) is 0 Å². The maximum absolute atomic E-state index is 14.1. The van der Waals surface area contributed by atoms with Gasteiger partial charge in [0.15, 0.2) is 6.23 Å². The van der Waals surface area contributed by atoms with Gasteiger partial charge in [-0.3, -0.25) is 10.7 Å². The molecule has 2 aromatic carbocycles. The van der Waals surface area contributed by atoms with Crippen molar-refractivity contribution in [3.05, 3.63) is 92.2 Å². The molecule has 2 N–H and O–H groups in total. The number of hydrogen-bond acceptors (Lipinski definition) is 5. The number of nitrogens with two attached hydrogens (primary N) is 1. The topological polar surface area (TPSA) is 95.7 Å². The quantitative estimate of drug-likeness (QED) is 0.556. The second-order valence-corrected chi connectivity index (χ2v) is 7.04. The molecule has 3 rings (SSSR count). The van der Waals surface area contributed by atoms with Crippen LogP contribution in [0.5, 0.6) is 5.75 Å². The molecule has 1 heterocycles. The first kappa shape index (κ1) is 21.5. The van der Waals surface area contributed by atoms with Crippen LogP contribution in [0.1, 0.15) is 34.2 Å². The van der Waals surface area contributed by atoms with Crippen molar-refractivity contribution in [2.24, 2.45) is 5.73 Å². The lowest BCUT2D eigenvalue weighted by atomic mass is 10.0. The van der Waals surface area contributed by atoms with Crippen LogP contribution in [0.25, 0.3) is 0 Å². The first-order chi connectivity index (χ1) is 14.3. The Balaban J connectivity index is 1.95. The number of pyridine rings is 1. The highest BCUT2D eigenvalue weighted by molar-refractivity contribution is 6.31. The van der Waals surface area contributed by atoms with E-state index in [-0.39, 0.29) is 44.6 Å². The molecule has 0 spiro atoms. The van der Waals surface area contributed by atoms with Crippen molar-refractivity contribution in [3.8, 4) is 17.9 Å². The molecule has 0 fully saturated rings. The summed E-state index contributed by atoms with van der Waals surface area (Å²) in [4.78, 5) is 3.93. The van der Waals surface area contributed by atoms with Crippen LogP contribution in [0.4, 0.5) is 8.78 Å². The summed E-state index contributed by atoms with van der Waals surface area (Å²) >= 11 is 11.6. The molecule has 9 heteroatoms. The van der Waals surface area contributed by atoms with Crippen LogP contribution in [0.3, 0.4) is 0 Å². The van der Waals surface area contributed by atoms with Gasteiger partial charge >= 0.3 is 0 Å². The molecule has 1 unspecified atom stereocenters. The fourth-order valence-corrected chi connectivity index (χ4v) is 3.00. The van der Waals surface area contributed by atoms with Gasteiger partial charge in [-0.25, -0.2) is 8.78 Å². The molecule has 0 amide bonds. The maximum Gasteiger partial charge on any atom is 0.174 e. The van der Waals surface area contributed by atoms with Crippen molar-refractivity contribution in [1.82, 2.24) is 4.98 Å². The Kier molecular flexibility index (Phi) is 6.49. The van der Waals surface area contributed by atoms with E-state index >= 15 is 0 Å². The highest BCUT2D eigenvalue weighted by Gasteiger charge is 2.18. The summed E-state index contributed by atoms with van der Waals surface area (Å²) in [6.07, 6.45) is 0.113. The lowest BCUT2D eigenvalue weighted by Crippen LogP contribution is -2.18. The standard InChI is InChI=1S/C21H12Cl2F2N4O/c22-15-6-18(25)19(29-10-15)5-13-4-17(24)16(23)7-20(13)30-21(28)11-1-2-12(8-26)14(3-11)9-27/h1-4,6-7,10,21H,5,28H2. The molecule has 1 atom stereocenters. The SMILES string of the molecule is N#Cc1ccc(C(N)Oc2cc(Cl)c(F)cc2Cc2ncc(Cl)cc2F)cc1C#N. The molecule has 30 heavy (non-hydrogen) atoms. The van der Waals surface area contributed by atoms with Gasteiger partial charge in [0, 0.05) is 29.8 Å². The molecule has 5 nitrogen and oxygen atoms in total. The Bertz CT molecular complexity index is 1200. The molecule has 0 saturated heterocycles. The van der Waals surface area contributed by atoms with E-state index in [0.717, 1.165) is 12.1 Å². The van der Waals surface area contributed by atoms with Crippen molar-refractivity contribution in [1.29, 1.82) is 10.5 Å². The van der Waals surface area contributed by atoms with Gasteiger partial charge in [-0.15, -0.1) is 0 Å². The number of halogens is 4. The van der Waals surface area contributed by atoms with Gasteiger partial charge < -0.3 is 4.74 Å². The minimum atomic E-state index is -1.06. The fourth-order valence-electron chi connectivity index (χ4n) is 2.70. The number of nitriles is 2. The van der Waals surface area contributed by atoms with Gasteiger partial charge in [0.05, 0.1) is 26.9 Å². The predicted molar refractivity (Wildman–Crippen MR) is 107 cm³/mol. The normalized spacial score (nSPS) is 11.4. The van der Waals surface area contributed by atoms with E-state index in [1.807, 2.05) is 12.1 Å². The summed E-state index contributed by atoms with van der Waals surface area (Å²) in [6.45, 7) is 0. The number of ether oxygens (including phenoxy) is 1. The molecule has 0 bridgehead atoms. The molecular formula is C21H12Cl2F2N4O. The Hall–Kier alpha value is -3.23. The number of benzene rings is 2. The maximum atomic E-state index is 14.1.